The van der Waals surface area contributed by atoms with E-state index < -0.39 is 10.8 Å². The Kier molecular flexibility index (Phi) is 5.07. The van der Waals surface area contributed by atoms with Gasteiger partial charge < -0.3 is 5.32 Å². The van der Waals surface area contributed by atoms with Gasteiger partial charge in [0.05, 0.1) is 4.92 Å². The molecule has 0 radical (unpaired) electrons. The summed E-state index contributed by atoms with van der Waals surface area (Å²) in [6.07, 6.45) is 6.29. The second-order valence-corrected chi connectivity index (χ2v) is 4.22. The third-order valence-electron chi connectivity index (χ3n) is 2.86. The smallest absolute Gasteiger partial charge is 0.285 e. The number of rotatable bonds is 5. The van der Waals surface area contributed by atoms with Crippen molar-refractivity contribution in [2.75, 3.05) is 0 Å². The van der Waals surface area contributed by atoms with Crippen LogP contribution in [0.2, 0.25) is 0 Å². The average Bonchev–Trinajstić information content (AvgIpc) is 2.37. The first kappa shape index (κ1) is 14.7. The summed E-state index contributed by atoms with van der Waals surface area (Å²) in [7, 11) is 0. The molecule has 1 unspecified atom stereocenters. The summed E-state index contributed by atoms with van der Waals surface area (Å²) in [4.78, 5) is 22.6. The van der Waals surface area contributed by atoms with E-state index in [1.807, 2.05) is 6.92 Å². The molecule has 1 atom stereocenters. The van der Waals surface area contributed by atoms with Crippen molar-refractivity contribution in [3.63, 3.8) is 0 Å². The highest BCUT2D eigenvalue weighted by Crippen LogP contribution is 2.23. The van der Waals surface area contributed by atoms with Crippen LogP contribution in [0.15, 0.2) is 18.2 Å². The average molecular weight is 260 g/mol. The summed E-state index contributed by atoms with van der Waals surface area (Å²) in [5.74, 6) is 2.02. The number of benzene rings is 1. The van der Waals surface area contributed by atoms with Gasteiger partial charge in [-0.15, -0.1) is 12.3 Å². The fraction of sp³-hybridized carbons (Fsp3) is 0.357. The molecule has 0 saturated heterocycles. The van der Waals surface area contributed by atoms with E-state index in [0.717, 1.165) is 0 Å². The molecule has 100 valence electrons. The van der Waals surface area contributed by atoms with E-state index in [4.69, 9.17) is 6.42 Å². The van der Waals surface area contributed by atoms with Crippen LogP contribution < -0.4 is 5.32 Å². The van der Waals surface area contributed by atoms with Crippen molar-refractivity contribution in [3.8, 4) is 12.3 Å². The van der Waals surface area contributed by atoms with Crippen LogP contribution in [0.1, 0.15) is 35.7 Å². The second-order valence-electron chi connectivity index (χ2n) is 4.22. The fourth-order valence-electron chi connectivity index (χ4n) is 1.79. The lowest BCUT2D eigenvalue weighted by molar-refractivity contribution is -0.385. The zero-order valence-corrected chi connectivity index (χ0v) is 11.0. The van der Waals surface area contributed by atoms with E-state index >= 15 is 0 Å². The molecule has 1 aromatic carbocycles. The van der Waals surface area contributed by atoms with Crippen molar-refractivity contribution in [3.05, 3.63) is 39.4 Å². The highest BCUT2D eigenvalue weighted by atomic mass is 16.6. The largest absolute Gasteiger partial charge is 0.348 e. The summed E-state index contributed by atoms with van der Waals surface area (Å²) in [6, 6.07) is 4.51. The molecule has 0 fully saturated rings. The summed E-state index contributed by atoms with van der Waals surface area (Å²) < 4.78 is 0. The number of para-hydroxylation sites is 1. The van der Waals surface area contributed by atoms with Gasteiger partial charge in [0.15, 0.2) is 0 Å². The predicted molar refractivity (Wildman–Crippen MR) is 72.8 cm³/mol. The molecule has 0 aliphatic heterocycles. The summed E-state index contributed by atoms with van der Waals surface area (Å²) in [6.45, 7) is 3.50. The van der Waals surface area contributed by atoms with Gasteiger partial charge >= 0.3 is 0 Å². The lowest BCUT2D eigenvalue weighted by atomic mass is 10.1. The van der Waals surface area contributed by atoms with Gasteiger partial charge in [-0.3, -0.25) is 14.9 Å². The van der Waals surface area contributed by atoms with Gasteiger partial charge in [0.1, 0.15) is 5.56 Å². The number of terminal acetylenes is 1. The first-order valence-corrected chi connectivity index (χ1v) is 5.99. The Labute approximate surface area is 112 Å². The first-order chi connectivity index (χ1) is 9.01. The first-order valence-electron chi connectivity index (χ1n) is 5.99. The molecule has 0 aliphatic rings. The minimum Gasteiger partial charge on any atom is -0.348 e. The Morgan fingerprint density at radius 2 is 2.26 bits per heavy atom. The Morgan fingerprint density at radius 1 is 1.58 bits per heavy atom. The quantitative estimate of drug-likeness (QED) is 0.502. The number of nitro benzene ring substituents is 1. The zero-order chi connectivity index (χ0) is 14.4. The van der Waals surface area contributed by atoms with Crippen LogP contribution in [0.25, 0.3) is 0 Å². The van der Waals surface area contributed by atoms with Crippen molar-refractivity contribution in [2.45, 2.75) is 32.7 Å². The Hall–Kier alpha value is -2.35. The molecule has 5 heteroatoms. The molecule has 0 heterocycles. The molecule has 1 aromatic rings. The van der Waals surface area contributed by atoms with Gasteiger partial charge in [0, 0.05) is 18.0 Å². The van der Waals surface area contributed by atoms with Crippen LogP contribution in [0, 0.1) is 29.4 Å². The van der Waals surface area contributed by atoms with Gasteiger partial charge in [-0.1, -0.05) is 19.1 Å². The molecule has 0 spiro atoms. The molecule has 1 rings (SSSR count). The van der Waals surface area contributed by atoms with E-state index in [1.54, 1.807) is 19.1 Å². The fourth-order valence-corrected chi connectivity index (χ4v) is 1.79. The maximum atomic E-state index is 12.1. The van der Waals surface area contributed by atoms with Crippen molar-refractivity contribution >= 4 is 11.6 Å². The van der Waals surface area contributed by atoms with Crippen molar-refractivity contribution in [2.24, 2.45) is 0 Å². The van der Waals surface area contributed by atoms with E-state index in [2.05, 4.69) is 11.2 Å². The van der Waals surface area contributed by atoms with E-state index in [0.29, 0.717) is 18.4 Å². The molecular weight excluding hydrogens is 244 g/mol. The molecule has 19 heavy (non-hydrogen) atoms. The van der Waals surface area contributed by atoms with E-state index in [1.165, 1.54) is 6.07 Å². The molecule has 0 aromatic heterocycles. The van der Waals surface area contributed by atoms with Crippen LogP contribution in [-0.4, -0.2) is 16.9 Å². The Morgan fingerprint density at radius 3 is 2.79 bits per heavy atom. The van der Waals surface area contributed by atoms with Crippen LogP contribution in [-0.2, 0) is 0 Å². The van der Waals surface area contributed by atoms with E-state index in [-0.39, 0.29) is 17.3 Å². The van der Waals surface area contributed by atoms with Gasteiger partial charge in [-0.2, -0.15) is 0 Å². The van der Waals surface area contributed by atoms with Gasteiger partial charge in [-0.05, 0) is 19.4 Å². The third-order valence-corrected chi connectivity index (χ3v) is 2.86. The predicted octanol–water partition coefficient (Wildman–Crippen LogP) is 2.43. The topological polar surface area (TPSA) is 72.2 Å². The van der Waals surface area contributed by atoms with Crippen molar-refractivity contribution in [1.29, 1.82) is 0 Å². The maximum absolute atomic E-state index is 12.1. The second kappa shape index (κ2) is 6.55. The van der Waals surface area contributed by atoms with Crippen LogP contribution in [0.5, 0.6) is 0 Å². The number of hydrogen-bond donors (Lipinski definition) is 1. The lowest BCUT2D eigenvalue weighted by Crippen LogP contribution is -2.34. The molecule has 5 nitrogen and oxygen atoms in total. The molecule has 1 N–H and O–H groups in total. The number of nitrogens with zero attached hydrogens (tertiary/aromatic N) is 1. The van der Waals surface area contributed by atoms with Crippen molar-refractivity contribution < 1.29 is 9.72 Å². The number of carbonyl (C=O) groups excluding carboxylic acids is 1. The van der Waals surface area contributed by atoms with Crippen LogP contribution in [0.4, 0.5) is 5.69 Å². The SMILES string of the molecule is C#CCC(CC)NC(=O)c1cccc(C)c1[N+](=O)[O-]. The van der Waals surface area contributed by atoms with Crippen LogP contribution >= 0.6 is 0 Å². The van der Waals surface area contributed by atoms with Crippen LogP contribution in [0.3, 0.4) is 0 Å². The number of carbonyl (C=O) groups is 1. The summed E-state index contributed by atoms with van der Waals surface area (Å²) in [5.41, 5.74) is 0.374. The van der Waals surface area contributed by atoms with E-state index in [9.17, 15) is 14.9 Å². The molecule has 1 amide bonds. The lowest BCUT2D eigenvalue weighted by Gasteiger charge is -2.14. The monoisotopic (exact) mass is 260 g/mol. The standard InChI is InChI=1S/C14H16N2O3/c1-4-7-11(5-2)15-14(17)12-9-6-8-10(3)13(12)16(18)19/h1,6,8-9,11H,5,7H2,2-3H3,(H,15,17). The highest BCUT2D eigenvalue weighted by molar-refractivity contribution is 5.98. The highest BCUT2D eigenvalue weighted by Gasteiger charge is 2.23. The number of nitrogens with one attached hydrogen (secondary N) is 1. The third kappa shape index (κ3) is 3.55. The zero-order valence-electron chi connectivity index (χ0n) is 11.0. The minimum atomic E-state index is -0.535. The van der Waals surface area contributed by atoms with Gasteiger partial charge in [0.2, 0.25) is 0 Å². The summed E-state index contributed by atoms with van der Waals surface area (Å²) in [5, 5.41) is 13.7. The molecule has 0 bridgehead atoms. The normalized spacial score (nSPS) is 11.4. The maximum Gasteiger partial charge on any atom is 0.285 e. The number of nitro groups is 1. The Bertz CT molecular complexity index is 532. The minimum absolute atomic E-state index is 0.0699. The van der Waals surface area contributed by atoms with Crippen molar-refractivity contribution in [1.82, 2.24) is 5.32 Å². The number of aryl methyl sites for hydroxylation is 1. The van der Waals surface area contributed by atoms with Gasteiger partial charge in [0.25, 0.3) is 11.6 Å². The molecule has 0 aliphatic carbocycles. The molecular formula is C14H16N2O3. The summed E-state index contributed by atoms with van der Waals surface area (Å²) >= 11 is 0. The van der Waals surface area contributed by atoms with Gasteiger partial charge in [-0.25, -0.2) is 0 Å². The molecule has 0 saturated carbocycles. The Balaban J connectivity index is 3.04. The number of amides is 1. The number of hydrogen-bond acceptors (Lipinski definition) is 3.